The molecule has 0 saturated heterocycles. The van der Waals surface area contributed by atoms with E-state index in [-0.39, 0.29) is 0 Å². The van der Waals surface area contributed by atoms with E-state index >= 15 is 0 Å². The van der Waals surface area contributed by atoms with Crippen LogP contribution >= 0.6 is 0 Å². The van der Waals surface area contributed by atoms with Crippen LogP contribution in [0.2, 0.25) is 0 Å². The number of methoxy groups -OCH3 is 1. The van der Waals surface area contributed by atoms with Crippen LogP contribution in [0.25, 0.3) is 0 Å². The van der Waals surface area contributed by atoms with Crippen LogP contribution in [-0.2, 0) is 0 Å². The van der Waals surface area contributed by atoms with E-state index in [9.17, 15) is 9.59 Å². The van der Waals surface area contributed by atoms with E-state index < -0.39 is 0 Å². The van der Waals surface area contributed by atoms with E-state index in [4.69, 9.17) is 9.47 Å². The zero-order valence-electron chi connectivity index (χ0n) is 10.3. The first kappa shape index (κ1) is 12.8. The molecule has 0 aliphatic carbocycles. The van der Waals surface area contributed by atoms with Crippen LogP contribution in [0, 0.1) is 0 Å². The van der Waals surface area contributed by atoms with Gasteiger partial charge in [0.1, 0.15) is 18.3 Å². The van der Waals surface area contributed by atoms with E-state index in [1.807, 2.05) is 0 Å². The molecule has 0 bridgehead atoms. The molecule has 0 aliphatic heterocycles. The third-order valence-corrected chi connectivity index (χ3v) is 2.57. The summed E-state index contributed by atoms with van der Waals surface area (Å²) < 4.78 is 10.8. The molecule has 96 valence electrons. The fraction of sp³-hybridized carbons (Fsp3) is 0.0667. The average molecular weight is 256 g/mol. The van der Waals surface area contributed by atoms with Gasteiger partial charge in [-0.15, -0.1) is 0 Å². The standard InChI is InChI=1S/C15H12O4/c1-18-14-7-4-12(10-17)8-15(14)19-13-5-2-11(9-16)3-6-13/h2-10H,1H3. The van der Waals surface area contributed by atoms with Crippen molar-refractivity contribution >= 4 is 12.6 Å². The second-order valence-electron chi connectivity index (χ2n) is 3.82. The minimum absolute atomic E-state index is 0.450. The van der Waals surface area contributed by atoms with Crippen molar-refractivity contribution in [1.29, 1.82) is 0 Å². The normalized spacial score (nSPS) is 9.74. The van der Waals surface area contributed by atoms with E-state index in [1.54, 1.807) is 42.5 Å². The van der Waals surface area contributed by atoms with E-state index in [2.05, 4.69) is 0 Å². The topological polar surface area (TPSA) is 52.6 Å². The van der Waals surface area contributed by atoms with Crippen LogP contribution in [0.3, 0.4) is 0 Å². The lowest BCUT2D eigenvalue weighted by atomic mass is 10.2. The summed E-state index contributed by atoms with van der Waals surface area (Å²) in [6.45, 7) is 0. The van der Waals surface area contributed by atoms with Gasteiger partial charge in [-0.2, -0.15) is 0 Å². The van der Waals surface area contributed by atoms with Crippen LogP contribution in [-0.4, -0.2) is 19.7 Å². The number of hydrogen-bond donors (Lipinski definition) is 0. The molecule has 0 fully saturated rings. The summed E-state index contributed by atoms with van der Waals surface area (Å²) in [6.07, 6.45) is 1.50. The van der Waals surface area contributed by atoms with Crippen LogP contribution < -0.4 is 9.47 Å². The molecular formula is C15H12O4. The minimum Gasteiger partial charge on any atom is -0.493 e. The maximum Gasteiger partial charge on any atom is 0.169 e. The summed E-state index contributed by atoms with van der Waals surface area (Å²) in [6, 6.07) is 11.6. The van der Waals surface area contributed by atoms with Crippen LogP contribution in [0.1, 0.15) is 20.7 Å². The van der Waals surface area contributed by atoms with Crippen molar-refractivity contribution in [3.05, 3.63) is 53.6 Å². The molecule has 0 unspecified atom stereocenters. The third-order valence-electron chi connectivity index (χ3n) is 2.57. The molecule has 4 heteroatoms. The summed E-state index contributed by atoms with van der Waals surface area (Å²) in [7, 11) is 1.53. The maximum atomic E-state index is 10.8. The molecule has 0 saturated carbocycles. The number of hydrogen-bond acceptors (Lipinski definition) is 4. The lowest BCUT2D eigenvalue weighted by molar-refractivity contribution is 0.111. The van der Waals surface area contributed by atoms with E-state index in [1.165, 1.54) is 7.11 Å². The lowest BCUT2D eigenvalue weighted by Gasteiger charge is -2.10. The molecule has 0 aromatic heterocycles. The minimum atomic E-state index is 0.450. The fourth-order valence-electron chi connectivity index (χ4n) is 1.59. The van der Waals surface area contributed by atoms with Gasteiger partial charge in [0.15, 0.2) is 11.5 Å². The highest BCUT2D eigenvalue weighted by Crippen LogP contribution is 2.32. The van der Waals surface area contributed by atoms with Gasteiger partial charge in [0.2, 0.25) is 0 Å². The Kier molecular flexibility index (Phi) is 3.93. The van der Waals surface area contributed by atoms with E-state index in [0.29, 0.717) is 28.4 Å². The first-order valence-electron chi connectivity index (χ1n) is 5.63. The fourth-order valence-corrected chi connectivity index (χ4v) is 1.59. The predicted octanol–water partition coefficient (Wildman–Crippen LogP) is 3.11. The summed E-state index contributed by atoms with van der Waals surface area (Å²) in [5.74, 6) is 1.54. The Morgan fingerprint density at radius 1 is 0.842 bits per heavy atom. The largest absolute Gasteiger partial charge is 0.493 e. The molecule has 2 rings (SSSR count). The maximum absolute atomic E-state index is 10.8. The Labute approximate surface area is 110 Å². The first-order chi connectivity index (χ1) is 9.26. The molecule has 4 nitrogen and oxygen atoms in total. The summed E-state index contributed by atoms with van der Waals surface area (Å²) in [5.41, 5.74) is 1.07. The van der Waals surface area contributed by atoms with Gasteiger partial charge < -0.3 is 9.47 Å². The van der Waals surface area contributed by atoms with E-state index in [0.717, 1.165) is 12.6 Å². The van der Waals surface area contributed by atoms with Crippen LogP contribution in [0.15, 0.2) is 42.5 Å². The highest BCUT2D eigenvalue weighted by atomic mass is 16.5. The summed E-state index contributed by atoms with van der Waals surface area (Å²) in [5, 5.41) is 0. The Morgan fingerprint density at radius 2 is 1.47 bits per heavy atom. The van der Waals surface area contributed by atoms with Crippen molar-refractivity contribution < 1.29 is 19.1 Å². The second-order valence-corrected chi connectivity index (χ2v) is 3.82. The number of carbonyl (C=O) groups excluding carboxylic acids is 2. The molecule has 2 aromatic carbocycles. The lowest BCUT2D eigenvalue weighted by Crippen LogP contribution is -1.92. The van der Waals surface area contributed by atoms with Gasteiger partial charge in [0, 0.05) is 11.1 Å². The van der Waals surface area contributed by atoms with Crippen molar-refractivity contribution in [2.24, 2.45) is 0 Å². The molecule has 0 atom stereocenters. The summed E-state index contributed by atoms with van der Waals surface area (Å²) >= 11 is 0. The zero-order chi connectivity index (χ0) is 13.7. The molecule has 2 aromatic rings. The monoisotopic (exact) mass is 256 g/mol. The van der Waals surface area contributed by atoms with Gasteiger partial charge >= 0.3 is 0 Å². The van der Waals surface area contributed by atoms with Crippen molar-refractivity contribution in [2.75, 3.05) is 7.11 Å². The second kappa shape index (κ2) is 5.82. The molecule has 0 amide bonds. The van der Waals surface area contributed by atoms with Crippen LogP contribution in [0.5, 0.6) is 17.2 Å². The number of rotatable bonds is 5. The van der Waals surface area contributed by atoms with Gasteiger partial charge in [-0.05, 0) is 42.5 Å². The highest BCUT2D eigenvalue weighted by Gasteiger charge is 2.07. The van der Waals surface area contributed by atoms with Gasteiger partial charge in [0.25, 0.3) is 0 Å². The molecule has 0 heterocycles. The van der Waals surface area contributed by atoms with Gasteiger partial charge in [-0.25, -0.2) is 0 Å². The van der Waals surface area contributed by atoms with Gasteiger partial charge in [-0.3, -0.25) is 9.59 Å². The Hall–Kier alpha value is -2.62. The molecule has 19 heavy (non-hydrogen) atoms. The molecule has 0 aliphatic rings. The first-order valence-corrected chi connectivity index (χ1v) is 5.63. The molecule has 0 radical (unpaired) electrons. The Bertz CT molecular complexity index is 588. The molecule has 0 spiro atoms. The predicted molar refractivity (Wildman–Crippen MR) is 70.3 cm³/mol. The highest BCUT2D eigenvalue weighted by molar-refractivity contribution is 5.76. The summed E-state index contributed by atoms with van der Waals surface area (Å²) in [4.78, 5) is 21.3. The van der Waals surface area contributed by atoms with Crippen molar-refractivity contribution in [2.45, 2.75) is 0 Å². The SMILES string of the molecule is COc1ccc(C=O)cc1Oc1ccc(C=O)cc1. The average Bonchev–Trinajstić information content (AvgIpc) is 2.48. The van der Waals surface area contributed by atoms with Crippen molar-refractivity contribution in [3.63, 3.8) is 0 Å². The number of benzene rings is 2. The smallest absolute Gasteiger partial charge is 0.169 e. The third kappa shape index (κ3) is 2.98. The molecule has 0 N–H and O–H groups in total. The van der Waals surface area contributed by atoms with Gasteiger partial charge in [0.05, 0.1) is 7.11 Å². The zero-order valence-corrected chi connectivity index (χ0v) is 10.3. The van der Waals surface area contributed by atoms with Gasteiger partial charge in [-0.1, -0.05) is 0 Å². The quantitative estimate of drug-likeness (QED) is 0.771. The molecular weight excluding hydrogens is 244 g/mol. The number of carbonyl (C=O) groups is 2. The van der Waals surface area contributed by atoms with Crippen molar-refractivity contribution in [3.8, 4) is 17.2 Å². The number of ether oxygens (including phenoxy) is 2. The Balaban J connectivity index is 2.29. The Morgan fingerprint density at radius 3 is 2.05 bits per heavy atom. The van der Waals surface area contributed by atoms with Crippen molar-refractivity contribution in [1.82, 2.24) is 0 Å². The van der Waals surface area contributed by atoms with Crippen LogP contribution in [0.4, 0.5) is 0 Å². The number of aldehydes is 2.